The SMILES string of the molecule is Cc1cccc(N2C(=O)[C@@H]3CC=C(Cl)C[C@H]3C2=O)c1. The van der Waals surface area contributed by atoms with Crippen molar-refractivity contribution in [3.05, 3.63) is 40.9 Å². The summed E-state index contributed by atoms with van der Waals surface area (Å²) in [6.45, 7) is 1.94. The summed E-state index contributed by atoms with van der Waals surface area (Å²) in [6.07, 6.45) is 2.91. The van der Waals surface area contributed by atoms with Crippen molar-refractivity contribution in [1.82, 2.24) is 0 Å². The summed E-state index contributed by atoms with van der Waals surface area (Å²) in [5.41, 5.74) is 1.70. The molecule has 0 unspecified atom stereocenters. The van der Waals surface area contributed by atoms with Crippen molar-refractivity contribution < 1.29 is 9.59 Å². The molecule has 0 radical (unpaired) electrons. The molecular formula is C15H14ClNO2. The first kappa shape index (κ1) is 12.4. The third-order valence-corrected chi connectivity index (χ3v) is 4.14. The second-order valence-corrected chi connectivity index (χ2v) is 5.64. The largest absolute Gasteiger partial charge is 0.274 e. The molecule has 1 aliphatic carbocycles. The lowest BCUT2D eigenvalue weighted by atomic mass is 9.85. The Balaban J connectivity index is 1.97. The predicted molar refractivity (Wildman–Crippen MR) is 73.8 cm³/mol. The summed E-state index contributed by atoms with van der Waals surface area (Å²) < 4.78 is 0. The molecule has 4 heteroatoms. The number of rotatable bonds is 1. The van der Waals surface area contributed by atoms with Gasteiger partial charge in [-0.05, 0) is 37.5 Å². The molecule has 3 rings (SSSR count). The molecular weight excluding hydrogens is 262 g/mol. The van der Waals surface area contributed by atoms with Crippen LogP contribution in [0.1, 0.15) is 18.4 Å². The molecule has 2 amide bonds. The van der Waals surface area contributed by atoms with Crippen LogP contribution in [-0.2, 0) is 9.59 Å². The van der Waals surface area contributed by atoms with E-state index in [2.05, 4.69) is 0 Å². The Labute approximate surface area is 116 Å². The Kier molecular flexibility index (Phi) is 2.94. The average Bonchev–Trinajstić information content (AvgIpc) is 2.61. The monoisotopic (exact) mass is 275 g/mol. The number of amides is 2. The molecule has 2 atom stereocenters. The highest BCUT2D eigenvalue weighted by Gasteiger charge is 2.48. The maximum Gasteiger partial charge on any atom is 0.238 e. The van der Waals surface area contributed by atoms with Crippen molar-refractivity contribution in [2.45, 2.75) is 19.8 Å². The van der Waals surface area contributed by atoms with Gasteiger partial charge in [0.2, 0.25) is 11.8 Å². The molecule has 0 saturated carbocycles. The van der Waals surface area contributed by atoms with Crippen LogP contribution >= 0.6 is 11.6 Å². The molecule has 1 heterocycles. The summed E-state index contributed by atoms with van der Waals surface area (Å²) in [7, 11) is 0. The third kappa shape index (κ3) is 1.98. The van der Waals surface area contributed by atoms with Crippen molar-refractivity contribution in [3.8, 4) is 0 Å². The van der Waals surface area contributed by atoms with Crippen LogP contribution < -0.4 is 4.90 Å². The van der Waals surface area contributed by atoms with Crippen molar-refractivity contribution in [1.29, 1.82) is 0 Å². The number of allylic oxidation sites excluding steroid dienone is 2. The Morgan fingerprint density at radius 3 is 2.68 bits per heavy atom. The average molecular weight is 276 g/mol. The van der Waals surface area contributed by atoms with E-state index in [0.717, 1.165) is 5.56 Å². The van der Waals surface area contributed by atoms with Gasteiger partial charge in [-0.25, -0.2) is 0 Å². The molecule has 1 saturated heterocycles. The number of anilines is 1. The van der Waals surface area contributed by atoms with Crippen LogP contribution in [0.2, 0.25) is 0 Å². The lowest BCUT2D eigenvalue weighted by Gasteiger charge is -2.17. The maximum absolute atomic E-state index is 12.4. The van der Waals surface area contributed by atoms with E-state index in [1.807, 2.05) is 31.2 Å². The number of carbonyl (C=O) groups excluding carboxylic acids is 2. The van der Waals surface area contributed by atoms with Crippen LogP contribution in [0.15, 0.2) is 35.4 Å². The highest BCUT2D eigenvalue weighted by molar-refractivity contribution is 6.30. The molecule has 0 aromatic heterocycles. The topological polar surface area (TPSA) is 37.4 Å². The zero-order valence-electron chi connectivity index (χ0n) is 10.6. The second-order valence-electron chi connectivity index (χ2n) is 5.15. The van der Waals surface area contributed by atoms with Crippen LogP contribution in [0, 0.1) is 18.8 Å². The number of hydrogen-bond acceptors (Lipinski definition) is 2. The summed E-state index contributed by atoms with van der Waals surface area (Å²) in [6, 6.07) is 7.47. The fraction of sp³-hybridized carbons (Fsp3) is 0.333. The van der Waals surface area contributed by atoms with Crippen LogP contribution in [0.5, 0.6) is 0 Å². The van der Waals surface area contributed by atoms with E-state index in [1.54, 1.807) is 6.07 Å². The lowest BCUT2D eigenvalue weighted by Crippen LogP contribution is -2.30. The number of hydrogen-bond donors (Lipinski definition) is 0. The first-order valence-electron chi connectivity index (χ1n) is 6.37. The van der Waals surface area contributed by atoms with Crippen molar-refractivity contribution in [2.75, 3.05) is 4.90 Å². The fourth-order valence-electron chi connectivity index (χ4n) is 2.85. The van der Waals surface area contributed by atoms with Gasteiger partial charge in [-0.15, -0.1) is 0 Å². The molecule has 0 bridgehead atoms. The quantitative estimate of drug-likeness (QED) is 0.739. The Bertz CT molecular complexity index is 594. The van der Waals surface area contributed by atoms with E-state index in [1.165, 1.54) is 4.90 Å². The summed E-state index contributed by atoms with van der Waals surface area (Å²) in [4.78, 5) is 26.2. The molecule has 1 aliphatic heterocycles. The van der Waals surface area contributed by atoms with Gasteiger partial charge in [0.15, 0.2) is 0 Å². The minimum absolute atomic E-state index is 0.0963. The predicted octanol–water partition coefficient (Wildman–Crippen LogP) is 3.02. The minimum atomic E-state index is -0.287. The standard InChI is InChI=1S/C15H14ClNO2/c1-9-3-2-4-11(7-9)17-14(18)12-6-5-10(16)8-13(12)15(17)19/h2-5,7,12-13H,6,8H2,1H3/t12-,13-/m1/s1. The van der Waals surface area contributed by atoms with Gasteiger partial charge in [0, 0.05) is 5.03 Å². The van der Waals surface area contributed by atoms with Crippen LogP contribution in [0.4, 0.5) is 5.69 Å². The highest BCUT2D eigenvalue weighted by Crippen LogP contribution is 2.40. The molecule has 1 fully saturated rings. The number of imide groups is 1. The van der Waals surface area contributed by atoms with Crippen molar-refractivity contribution in [2.24, 2.45) is 11.8 Å². The summed E-state index contributed by atoms with van der Waals surface area (Å²) in [5, 5.41) is 0.688. The Hall–Kier alpha value is -1.61. The maximum atomic E-state index is 12.4. The van der Waals surface area contributed by atoms with Gasteiger partial charge < -0.3 is 0 Å². The van der Waals surface area contributed by atoms with E-state index in [4.69, 9.17) is 11.6 Å². The first-order valence-corrected chi connectivity index (χ1v) is 6.75. The zero-order chi connectivity index (χ0) is 13.6. The molecule has 98 valence electrons. The number of halogens is 1. The first-order chi connectivity index (χ1) is 9.08. The molecule has 2 aliphatic rings. The number of benzene rings is 1. The van der Waals surface area contributed by atoms with Crippen LogP contribution in [0.25, 0.3) is 0 Å². The Morgan fingerprint density at radius 1 is 1.21 bits per heavy atom. The molecule has 0 N–H and O–H groups in total. The Morgan fingerprint density at radius 2 is 1.95 bits per heavy atom. The van der Waals surface area contributed by atoms with Gasteiger partial charge in [0.1, 0.15) is 0 Å². The van der Waals surface area contributed by atoms with E-state index < -0.39 is 0 Å². The third-order valence-electron chi connectivity index (χ3n) is 3.83. The minimum Gasteiger partial charge on any atom is -0.274 e. The summed E-state index contributed by atoms with van der Waals surface area (Å²) in [5.74, 6) is -0.742. The molecule has 1 aromatic carbocycles. The van der Waals surface area contributed by atoms with Gasteiger partial charge in [0.05, 0.1) is 17.5 Å². The lowest BCUT2D eigenvalue weighted by molar-refractivity contribution is -0.122. The second kappa shape index (κ2) is 4.49. The number of nitrogens with zero attached hydrogens (tertiary/aromatic N) is 1. The fourth-order valence-corrected chi connectivity index (χ4v) is 3.10. The van der Waals surface area contributed by atoms with E-state index >= 15 is 0 Å². The van der Waals surface area contributed by atoms with Gasteiger partial charge in [0.25, 0.3) is 0 Å². The van der Waals surface area contributed by atoms with Crippen molar-refractivity contribution >= 4 is 29.1 Å². The molecule has 19 heavy (non-hydrogen) atoms. The molecule has 1 aromatic rings. The highest BCUT2D eigenvalue weighted by atomic mass is 35.5. The van der Waals surface area contributed by atoms with E-state index in [9.17, 15) is 9.59 Å². The molecule has 0 spiro atoms. The van der Waals surface area contributed by atoms with Gasteiger partial charge in [-0.1, -0.05) is 29.8 Å². The van der Waals surface area contributed by atoms with Gasteiger partial charge >= 0.3 is 0 Å². The normalized spacial score (nSPS) is 26.4. The number of fused-ring (bicyclic) bond motifs is 1. The van der Waals surface area contributed by atoms with E-state index in [0.29, 0.717) is 23.6 Å². The number of aryl methyl sites for hydroxylation is 1. The smallest absolute Gasteiger partial charge is 0.238 e. The van der Waals surface area contributed by atoms with Gasteiger partial charge in [-0.2, -0.15) is 0 Å². The zero-order valence-corrected chi connectivity index (χ0v) is 11.4. The van der Waals surface area contributed by atoms with Crippen molar-refractivity contribution in [3.63, 3.8) is 0 Å². The van der Waals surface area contributed by atoms with Crippen LogP contribution in [-0.4, -0.2) is 11.8 Å². The molecule has 3 nitrogen and oxygen atoms in total. The number of carbonyl (C=O) groups is 2. The summed E-state index contributed by atoms with van der Waals surface area (Å²) >= 11 is 5.99. The van der Waals surface area contributed by atoms with Gasteiger partial charge in [-0.3, -0.25) is 14.5 Å². The van der Waals surface area contributed by atoms with Crippen LogP contribution in [0.3, 0.4) is 0 Å². The van der Waals surface area contributed by atoms with E-state index in [-0.39, 0.29) is 23.7 Å².